The second-order valence-corrected chi connectivity index (χ2v) is 11.9. The SMILES string of the molecule is COCCN1CCN(C(=O)OCC(=O)N2C[C@H](F)C[C@H]2C(=O)N[C@@H](c2ccccc2)c2ccc(C3(C)CC3)c(F)c2)CC1. The number of likely N-dealkylation sites (tertiary alicyclic amines) is 1. The summed E-state index contributed by atoms with van der Waals surface area (Å²) in [6.45, 7) is 4.79. The molecule has 1 aliphatic carbocycles. The monoisotopic (exact) mass is 598 g/mol. The molecule has 0 aromatic heterocycles. The molecule has 1 N–H and O–H groups in total. The number of carbonyl (C=O) groups is 3. The molecule has 3 fully saturated rings. The molecule has 9 nitrogen and oxygen atoms in total. The van der Waals surface area contributed by atoms with Gasteiger partial charge in [0.2, 0.25) is 5.91 Å². The molecule has 3 atom stereocenters. The number of benzene rings is 2. The minimum absolute atomic E-state index is 0.156. The van der Waals surface area contributed by atoms with Crippen LogP contribution in [0.4, 0.5) is 13.6 Å². The second kappa shape index (κ2) is 13.4. The molecule has 3 amide bonds. The Morgan fingerprint density at radius 2 is 1.77 bits per heavy atom. The van der Waals surface area contributed by atoms with Gasteiger partial charge in [0.25, 0.3) is 5.91 Å². The molecule has 11 heteroatoms. The Kier molecular flexibility index (Phi) is 9.61. The van der Waals surface area contributed by atoms with Gasteiger partial charge in [-0.15, -0.1) is 0 Å². The first-order chi connectivity index (χ1) is 20.7. The molecule has 0 spiro atoms. The van der Waals surface area contributed by atoms with E-state index in [0.717, 1.165) is 29.8 Å². The Morgan fingerprint density at radius 3 is 2.42 bits per heavy atom. The van der Waals surface area contributed by atoms with E-state index in [1.807, 2.05) is 43.3 Å². The lowest BCUT2D eigenvalue weighted by Crippen LogP contribution is -2.51. The predicted molar refractivity (Wildman–Crippen MR) is 156 cm³/mol. The number of rotatable bonds is 10. The highest BCUT2D eigenvalue weighted by Gasteiger charge is 2.42. The van der Waals surface area contributed by atoms with E-state index in [-0.39, 0.29) is 24.2 Å². The van der Waals surface area contributed by atoms with Crippen molar-refractivity contribution in [1.29, 1.82) is 0 Å². The zero-order valence-electron chi connectivity index (χ0n) is 24.8. The van der Waals surface area contributed by atoms with Crippen molar-refractivity contribution in [2.24, 2.45) is 0 Å². The minimum Gasteiger partial charge on any atom is -0.439 e. The molecular weight excluding hydrogens is 558 g/mol. The first-order valence-corrected chi connectivity index (χ1v) is 14.9. The third-order valence-electron chi connectivity index (χ3n) is 8.83. The van der Waals surface area contributed by atoms with Crippen LogP contribution in [0, 0.1) is 5.82 Å². The Labute approximate surface area is 251 Å². The van der Waals surface area contributed by atoms with Crippen LogP contribution >= 0.6 is 0 Å². The van der Waals surface area contributed by atoms with Crippen LogP contribution in [0.3, 0.4) is 0 Å². The summed E-state index contributed by atoms with van der Waals surface area (Å²) < 4.78 is 40.2. The highest BCUT2D eigenvalue weighted by Crippen LogP contribution is 2.48. The number of carbonyl (C=O) groups excluding carboxylic acids is 3. The van der Waals surface area contributed by atoms with Gasteiger partial charge in [-0.25, -0.2) is 13.6 Å². The number of ether oxygens (including phenoxy) is 2. The number of nitrogens with zero attached hydrogens (tertiary/aromatic N) is 3. The Bertz CT molecular complexity index is 1300. The lowest BCUT2D eigenvalue weighted by molar-refractivity contribution is -0.141. The van der Waals surface area contributed by atoms with Gasteiger partial charge >= 0.3 is 6.09 Å². The zero-order chi connectivity index (χ0) is 30.6. The summed E-state index contributed by atoms with van der Waals surface area (Å²) in [5, 5.41) is 2.94. The number of amides is 3. The molecule has 2 saturated heterocycles. The topological polar surface area (TPSA) is 91.4 Å². The van der Waals surface area contributed by atoms with Crippen LogP contribution in [0.2, 0.25) is 0 Å². The highest BCUT2D eigenvalue weighted by atomic mass is 19.1. The Balaban J connectivity index is 1.23. The number of nitrogens with one attached hydrogen (secondary N) is 1. The molecule has 2 aliphatic heterocycles. The van der Waals surface area contributed by atoms with Crippen LogP contribution in [0.1, 0.15) is 48.9 Å². The molecule has 232 valence electrons. The molecule has 2 aromatic carbocycles. The van der Waals surface area contributed by atoms with Gasteiger partial charge in [0.15, 0.2) is 6.61 Å². The maximum absolute atomic E-state index is 15.2. The van der Waals surface area contributed by atoms with Crippen LogP contribution in [-0.4, -0.2) is 104 Å². The van der Waals surface area contributed by atoms with Gasteiger partial charge in [-0.05, 0) is 41.0 Å². The highest BCUT2D eigenvalue weighted by molar-refractivity contribution is 5.90. The van der Waals surface area contributed by atoms with E-state index in [9.17, 15) is 18.8 Å². The molecule has 43 heavy (non-hydrogen) atoms. The molecule has 0 unspecified atom stereocenters. The van der Waals surface area contributed by atoms with E-state index in [1.165, 1.54) is 11.0 Å². The average molecular weight is 599 g/mol. The molecular formula is C32H40F2N4O5. The normalized spacial score (nSPS) is 22.2. The first-order valence-electron chi connectivity index (χ1n) is 14.9. The molecule has 2 aromatic rings. The van der Waals surface area contributed by atoms with Gasteiger partial charge in [0.05, 0.1) is 19.2 Å². The van der Waals surface area contributed by atoms with E-state index in [0.29, 0.717) is 43.9 Å². The predicted octanol–water partition coefficient (Wildman–Crippen LogP) is 3.42. The van der Waals surface area contributed by atoms with Crippen LogP contribution in [0.15, 0.2) is 48.5 Å². The van der Waals surface area contributed by atoms with E-state index in [4.69, 9.17) is 9.47 Å². The van der Waals surface area contributed by atoms with Gasteiger partial charge in [-0.2, -0.15) is 0 Å². The van der Waals surface area contributed by atoms with E-state index >= 15 is 4.39 Å². The van der Waals surface area contributed by atoms with Gasteiger partial charge < -0.3 is 24.6 Å². The summed E-state index contributed by atoms with van der Waals surface area (Å²) in [4.78, 5) is 44.1. The number of alkyl halides is 1. The van der Waals surface area contributed by atoms with Gasteiger partial charge in [-0.3, -0.25) is 14.5 Å². The third-order valence-corrected chi connectivity index (χ3v) is 8.83. The summed E-state index contributed by atoms with van der Waals surface area (Å²) in [5.41, 5.74) is 1.78. The molecule has 5 rings (SSSR count). The molecule has 3 aliphatic rings. The molecule has 2 heterocycles. The lowest BCUT2D eigenvalue weighted by atomic mass is 9.92. The van der Waals surface area contributed by atoms with Crippen LogP contribution in [-0.2, 0) is 24.5 Å². The smallest absolute Gasteiger partial charge is 0.410 e. The summed E-state index contributed by atoms with van der Waals surface area (Å²) in [6.07, 6.45) is -0.340. The van der Waals surface area contributed by atoms with Gasteiger partial charge in [-0.1, -0.05) is 49.4 Å². The van der Waals surface area contributed by atoms with Crippen molar-refractivity contribution in [3.63, 3.8) is 0 Å². The Hall–Kier alpha value is -3.57. The van der Waals surface area contributed by atoms with Crippen molar-refractivity contribution in [2.75, 3.05) is 59.6 Å². The lowest BCUT2D eigenvalue weighted by Gasteiger charge is -2.34. The van der Waals surface area contributed by atoms with E-state index in [1.54, 1.807) is 13.2 Å². The molecule has 0 bridgehead atoms. The quantitative estimate of drug-likeness (QED) is 0.451. The largest absolute Gasteiger partial charge is 0.439 e. The van der Waals surface area contributed by atoms with Gasteiger partial charge in [0.1, 0.15) is 18.0 Å². The first kappa shape index (κ1) is 30.9. The average Bonchev–Trinajstić information content (AvgIpc) is 3.64. The number of halogens is 2. The number of methoxy groups -OCH3 is 1. The van der Waals surface area contributed by atoms with Crippen molar-refractivity contribution in [1.82, 2.24) is 20.0 Å². The summed E-state index contributed by atoms with van der Waals surface area (Å²) >= 11 is 0. The number of hydrogen-bond acceptors (Lipinski definition) is 6. The van der Waals surface area contributed by atoms with Crippen LogP contribution < -0.4 is 5.32 Å². The number of hydrogen-bond donors (Lipinski definition) is 1. The van der Waals surface area contributed by atoms with Gasteiger partial charge in [0, 0.05) is 46.3 Å². The van der Waals surface area contributed by atoms with Crippen LogP contribution in [0.25, 0.3) is 0 Å². The zero-order valence-corrected chi connectivity index (χ0v) is 24.8. The van der Waals surface area contributed by atoms with Crippen molar-refractivity contribution in [3.8, 4) is 0 Å². The molecule has 0 radical (unpaired) electrons. The van der Waals surface area contributed by atoms with Crippen molar-refractivity contribution in [3.05, 3.63) is 71.0 Å². The van der Waals surface area contributed by atoms with E-state index in [2.05, 4.69) is 10.2 Å². The molecule has 1 saturated carbocycles. The summed E-state index contributed by atoms with van der Waals surface area (Å²) in [6, 6.07) is 12.4. The minimum atomic E-state index is -1.40. The Morgan fingerprint density at radius 1 is 1.05 bits per heavy atom. The van der Waals surface area contributed by atoms with Crippen molar-refractivity contribution in [2.45, 2.75) is 49.9 Å². The van der Waals surface area contributed by atoms with Crippen molar-refractivity contribution < 1.29 is 32.6 Å². The maximum atomic E-state index is 15.2. The fourth-order valence-corrected chi connectivity index (χ4v) is 5.88. The fourth-order valence-electron chi connectivity index (χ4n) is 5.88. The third kappa shape index (κ3) is 7.33. The summed E-state index contributed by atoms with van der Waals surface area (Å²) in [5.74, 6) is -1.52. The van der Waals surface area contributed by atoms with E-state index < -0.39 is 42.8 Å². The van der Waals surface area contributed by atoms with Crippen LogP contribution in [0.5, 0.6) is 0 Å². The maximum Gasteiger partial charge on any atom is 0.410 e. The second-order valence-electron chi connectivity index (χ2n) is 11.9. The summed E-state index contributed by atoms with van der Waals surface area (Å²) in [7, 11) is 1.64. The fraction of sp³-hybridized carbons (Fsp3) is 0.531. The standard InChI is InChI=1S/C32H40F2N4O5/c1-32(10-11-32)25-9-8-23(18-26(25)34)29(22-6-4-3-5-7-22)35-30(40)27-19-24(33)20-38(27)28(39)21-43-31(41)37-14-12-36(13-15-37)16-17-42-2/h3-9,18,24,27,29H,10-17,19-21H2,1-2H3,(H,35,40)/t24-,27+,29+/m1/s1. The number of piperazine rings is 1. The van der Waals surface area contributed by atoms with Crippen molar-refractivity contribution >= 4 is 17.9 Å².